The molecule has 6 heteroatoms. The number of carbonyl (C=O) groups excluding carboxylic acids is 1. The van der Waals surface area contributed by atoms with Gasteiger partial charge >= 0.3 is 0 Å². The van der Waals surface area contributed by atoms with E-state index in [1.165, 1.54) is 0 Å². The number of rotatable bonds is 7. The van der Waals surface area contributed by atoms with E-state index in [-0.39, 0.29) is 18.6 Å². The molecule has 0 fully saturated rings. The van der Waals surface area contributed by atoms with Crippen molar-refractivity contribution in [2.75, 3.05) is 7.11 Å². The number of halogens is 2. The lowest BCUT2D eigenvalue weighted by molar-refractivity contribution is 0.0939. The molecule has 3 aromatic carbocycles. The predicted octanol–water partition coefficient (Wildman–Crippen LogP) is 6.38. The molecule has 0 radical (unpaired) electrons. The van der Waals surface area contributed by atoms with Crippen molar-refractivity contribution in [1.82, 2.24) is 5.32 Å². The van der Waals surface area contributed by atoms with Gasteiger partial charge in [-0.1, -0.05) is 35.3 Å². The largest absolute Gasteiger partial charge is 0.496 e. The zero-order valence-corrected chi connectivity index (χ0v) is 18.6. The van der Waals surface area contributed by atoms with Gasteiger partial charge in [-0.3, -0.25) is 4.79 Å². The predicted molar refractivity (Wildman–Crippen MR) is 121 cm³/mol. The standard InChI is InChI=1S/C24H23Cl2NO3/c1-15-12-21(9-10-22(15)26)30-14-19-13-18(6-11-23(19)29-3)24(28)27-16(2)17-4-7-20(25)8-5-17/h4-13,16H,14H2,1-3H3,(H,27,28). The highest BCUT2D eigenvalue weighted by Gasteiger charge is 2.14. The second-order valence-corrected chi connectivity index (χ2v) is 7.82. The first-order chi connectivity index (χ1) is 14.4. The maximum Gasteiger partial charge on any atom is 0.251 e. The topological polar surface area (TPSA) is 47.6 Å². The summed E-state index contributed by atoms with van der Waals surface area (Å²) in [6, 6.07) is 18.0. The molecule has 0 aliphatic carbocycles. The van der Waals surface area contributed by atoms with E-state index in [0.717, 1.165) is 16.7 Å². The van der Waals surface area contributed by atoms with Crippen LogP contribution in [0.15, 0.2) is 60.7 Å². The van der Waals surface area contributed by atoms with Crippen LogP contribution in [0.3, 0.4) is 0 Å². The monoisotopic (exact) mass is 443 g/mol. The summed E-state index contributed by atoms with van der Waals surface area (Å²) in [5.41, 5.74) is 3.22. The molecule has 30 heavy (non-hydrogen) atoms. The first-order valence-electron chi connectivity index (χ1n) is 9.49. The van der Waals surface area contributed by atoms with Gasteiger partial charge in [0.05, 0.1) is 13.2 Å². The molecular weight excluding hydrogens is 421 g/mol. The van der Waals surface area contributed by atoms with E-state index >= 15 is 0 Å². The minimum absolute atomic E-state index is 0.159. The summed E-state index contributed by atoms with van der Waals surface area (Å²) < 4.78 is 11.3. The van der Waals surface area contributed by atoms with Gasteiger partial charge in [0.2, 0.25) is 0 Å². The van der Waals surface area contributed by atoms with Gasteiger partial charge < -0.3 is 14.8 Å². The van der Waals surface area contributed by atoms with E-state index in [2.05, 4.69) is 5.32 Å². The van der Waals surface area contributed by atoms with Crippen molar-refractivity contribution in [1.29, 1.82) is 0 Å². The van der Waals surface area contributed by atoms with Gasteiger partial charge in [0, 0.05) is 21.2 Å². The molecule has 1 atom stereocenters. The minimum Gasteiger partial charge on any atom is -0.496 e. The number of nitrogens with one attached hydrogen (secondary N) is 1. The van der Waals surface area contributed by atoms with Crippen LogP contribution in [0.25, 0.3) is 0 Å². The molecule has 156 valence electrons. The lowest BCUT2D eigenvalue weighted by atomic mass is 10.1. The van der Waals surface area contributed by atoms with Crippen LogP contribution in [0.1, 0.15) is 40.0 Å². The number of carbonyl (C=O) groups is 1. The number of ether oxygens (including phenoxy) is 2. The Kier molecular flexibility index (Phi) is 7.24. The van der Waals surface area contributed by atoms with Crippen LogP contribution in [0, 0.1) is 6.92 Å². The third-order valence-electron chi connectivity index (χ3n) is 4.78. The van der Waals surface area contributed by atoms with E-state index in [0.29, 0.717) is 27.1 Å². The highest BCUT2D eigenvalue weighted by atomic mass is 35.5. The Morgan fingerprint density at radius 2 is 1.77 bits per heavy atom. The second-order valence-electron chi connectivity index (χ2n) is 6.97. The third kappa shape index (κ3) is 5.47. The highest BCUT2D eigenvalue weighted by Crippen LogP contribution is 2.25. The van der Waals surface area contributed by atoms with E-state index in [1.807, 2.05) is 38.1 Å². The van der Waals surface area contributed by atoms with Crippen LogP contribution in [-0.2, 0) is 6.61 Å². The molecule has 0 saturated carbocycles. The molecule has 1 amide bonds. The van der Waals surface area contributed by atoms with Crippen molar-refractivity contribution in [3.8, 4) is 11.5 Å². The van der Waals surface area contributed by atoms with Crippen LogP contribution < -0.4 is 14.8 Å². The van der Waals surface area contributed by atoms with Gasteiger partial charge in [0.1, 0.15) is 18.1 Å². The molecule has 0 aromatic heterocycles. The molecule has 3 aromatic rings. The molecule has 0 bridgehead atoms. The van der Waals surface area contributed by atoms with Crippen molar-refractivity contribution >= 4 is 29.1 Å². The average molecular weight is 444 g/mol. The summed E-state index contributed by atoms with van der Waals surface area (Å²) in [4.78, 5) is 12.8. The Hall–Kier alpha value is -2.69. The van der Waals surface area contributed by atoms with E-state index < -0.39 is 0 Å². The number of hydrogen-bond donors (Lipinski definition) is 1. The first kappa shape index (κ1) is 22.0. The van der Waals surface area contributed by atoms with Crippen molar-refractivity contribution in [3.63, 3.8) is 0 Å². The van der Waals surface area contributed by atoms with Gasteiger partial charge in [-0.2, -0.15) is 0 Å². The fraction of sp³-hybridized carbons (Fsp3) is 0.208. The summed E-state index contributed by atoms with van der Waals surface area (Å²) >= 11 is 12.0. The Labute approximate surface area is 186 Å². The van der Waals surface area contributed by atoms with Gasteiger partial charge in [0.15, 0.2) is 0 Å². The van der Waals surface area contributed by atoms with Crippen LogP contribution in [-0.4, -0.2) is 13.0 Å². The minimum atomic E-state index is -0.177. The van der Waals surface area contributed by atoms with Crippen molar-refractivity contribution < 1.29 is 14.3 Å². The van der Waals surface area contributed by atoms with Gasteiger partial charge in [-0.25, -0.2) is 0 Å². The Bertz CT molecular complexity index is 1040. The Balaban J connectivity index is 1.73. The van der Waals surface area contributed by atoms with Crippen molar-refractivity contribution in [2.45, 2.75) is 26.5 Å². The summed E-state index contributed by atoms with van der Waals surface area (Å²) in [6.07, 6.45) is 0. The van der Waals surface area contributed by atoms with Gasteiger partial charge in [0.25, 0.3) is 5.91 Å². The van der Waals surface area contributed by atoms with Gasteiger partial charge in [-0.15, -0.1) is 0 Å². The Morgan fingerprint density at radius 3 is 2.43 bits per heavy atom. The molecular formula is C24H23Cl2NO3. The summed E-state index contributed by atoms with van der Waals surface area (Å²) in [5.74, 6) is 1.18. The summed E-state index contributed by atoms with van der Waals surface area (Å²) in [7, 11) is 1.59. The SMILES string of the molecule is COc1ccc(C(=O)NC(C)c2ccc(Cl)cc2)cc1COc1ccc(Cl)c(C)c1. The number of methoxy groups -OCH3 is 1. The molecule has 0 aliphatic heterocycles. The number of aryl methyl sites for hydroxylation is 1. The molecule has 0 heterocycles. The van der Waals surface area contributed by atoms with Crippen LogP contribution in [0.5, 0.6) is 11.5 Å². The lowest BCUT2D eigenvalue weighted by Gasteiger charge is -2.16. The third-order valence-corrected chi connectivity index (χ3v) is 5.46. The zero-order chi connectivity index (χ0) is 21.7. The fourth-order valence-electron chi connectivity index (χ4n) is 3.02. The van der Waals surface area contributed by atoms with Crippen molar-refractivity contribution in [2.24, 2.45) is 0 Å². The molecule has 0 saturated heterocycles. The quantitative estimate of drug-likeness (QED) is 0.460. The summed E-state index contributed by atoms with van der Waals surface area (Å²) in [6.45, 7) is 4.11. The van der Waals surface area contributed by atoms with E-state index in [9.17, 15) is 4.79 Å². The number of hydrogen-bond acceptors (Lipinski definition) is 3. The molecule has 1 N–H and O–H groups in total. The lowest BCUT2D eigenvalue weighted by Crippen LogP contribution is -2.26. The number of amides is 1. The first-order valence-corrected chi connectivity index (χ1v) is 10.2. The van der Waals surface area contributed by atoms with Gasteiger partial charge in [-0.05, 0) is 73.5 Å². The van der Waals surface area contributed by atoms with Crippen LogP contribution in [0.2, 0.25) is 10.0 Å². The molecule has 4 nitrogen and oxygen atoms in total. The summed E-state index contributed by atoms with van der Waals surface area (Å²) in [5, 5.41) is 4.35. The van der Waals surface area contributed by atoms with Crippen molar-refractivity contribution in [3.05, 3.63) is 93.0 Å². The zero-order valence-electron chi connectivity index (χ0n) is 17.0. The van der Waals surface area contributed by atoms with E-state index in [1.54, 1.807) is 43.5 Å². The number of benzene rings is 3. The molecule has 0 spiro atoms. The average Bonchev–Trinajstić information content (AvgIpc) is 2.74. The fourth-order valence-corrected chi connectivity index (χ4v) is 3.26. The smallest absolute Gasteiger partial charge is 0.251 e. The van der Waals surface area contributed by atoms with Crippen LogP contribution >= 0.6 is 23.2 Å². The highest BCUT2D eigenvalue weighted by molar-refractivity contribution is 6.31. The maximum atomic E-state index is 12.8. The Morgan fingerprint density at radius 1 is 1.03 bits per heavy atom. The molecule has 0 aliphatic rings. The van der Waals surface area contributed by atoms with Crippen LogP contribution in [0.4, 0.5) is 0 Å². The van der Waals surface area contributed by atoms with E-state index in [4.69, 9.17) is 32.7 Å². The second kappa shape index (κ2) is 9.88. The maximum absolute atomic E-state index is 12.8. The molecule has 3 rings (SSSR count). The molecule has 1 unspecified atom stereocenters. The normalized spacial score (nSPS) is 11.6.